The maximum atomic E-state index is 12.9. The van der Waals surface area contributed by atoms with E-state index in [4.69, 9.17) is 0 Å². The van der Waals surface area contributed by atoms with Gasteiger partial charge in [0, 0.05) is 43.3 Å². The van der Waals surface area contributed by atoms with E-state index in [1.54, 1.807) is 10.3 Å². The monoisotopic (exact) mass is 493 g/mol. The molecule has 0 saturated carbocycles. The summed E-state index contributed by atoms with van der Waals surface area (Å²) in [7, 11) is 3.78. The number of hydrogen-bond acceptors (Lipinski definition) is 6. The number of amides is 3. The summed E-state index contributed by atoms with van der Waals surface area (Å²) >= 11 is 1.44. The average molecular weight is 494 g/mol. The summed E-state index contributed by atoms with van der Waals surface area (Å²) in [5.74, 6) is -0.0750. The SMILES string of the molecule is CN1CCN(C)C(c2ccc(NC(=O)c3csc([C@H]4CCCN4C(=O)C4=CCCC4)n3)cc2)C1=O. The van der Waals surface area contributed by atoms with Crippen LogP contribution in [0.3, 0.4) is 0 Å². The molecule has 1 aromatic heterocycles. The number of aromatic nitrogens is 1. The predicted molar refractivity (Wildman–Crippen MR) is 135 cm³/mol. The lowest BCUT2D eigenvalue weighted by atomic mass is 10.0. The van der Waals surface area contributed by atoms with Crippen LogP contribution in [0.2, 0.25) is 0 Å². The van der Waals surface area contributed by atoms with Crippen LogP contribution in [0.25, 0.3) is 0 Å². The van der Waals surface area contributed by atoms with E-state index in [-0.39, 0.29) is 29.8 Å². The Kier molecular flexibility index (Phi) is 6.71. The lowest BCUT2D eigenvalue weighted by Crippen LogP contribution is -2.48. The number of likely N-dealkylation sites (N-methyl/N-ethyl adjacent to an activating group) is 2. The van der Waals surface area contributed by atoms with Gasteiger partial charge in [0.25, 0.3) is 5.91 Å². The van der Waals surface area contributed by atoms with Gasteiger partial charge >= 0.3 is 0 Å². The molecule has 2 aromatic rings. The Morgan fingerprint density at radius 1 is 1.09 bits per heavy atom. The first kappa shape index (κ1) is 23.7. The molecule has 8 nitrogen and oxygen atoms in total. The van der Waals surface area contributed by atoms with Crippen molar-refractivity contribution >= 4 is 34.7 Å². The summed E-state index contributed by atoms with van der Waals surface area (Å²) in [6.45, 7) is 2.28. The smallest absolute Gasteiger partial charge is 0.275 e. The molecule has 0 bridgehead atoms. The second-order valence-electron chi connectivity index (χ2n) is 9.57. The molecule has 1 aliphatic carbocycles. The number of allylic oxidation sites excluding steroid dienone is 1. The molecule has 1 N–H and O–H groups in total. The third-order valence-corrected chi connectivity index (χ3v) is 8.14. The summed E-state index contributed by atoms with van der Waals surface area (Å²) in [5.41, 5.74) is 2.83. The van der Waals surface area contributed by atoms with Gasteiger partial charge in [0.1, 0.15) is 16.7 Å². The zero-order valence-corrected chi connectivity index (χ0v) is 21.0. The van der Waals surface area contributed by atoms with Gasteiger partial charge in [0.05, 0.1) is 6.04 Å². The molecule has 2 saturated heterocycles. The summed E-state index contributed by atoms with van der Waals surface area (Å²) < 4.78 is 0. The number of likely N-dealkylation sites (tertiary alicyclic amines) is 1. The van der Waals surface area contributed by atoms with Crippen molar-refractivity contribution < 1.29 is 14.4 Å². The van der Waals surface area contributed by atoms with Gasteiger partial charge in [-0.25, -0.2) is 4.98 Å². The highest BCUT2D eigenvalue weighted by atomic mass is 32.1. The first-order valence-electron chi connectivity index (χ1n) is 12.2. The number of anilines is 1. The Morgan fingerprint density at radius 2 is 1.89 bits per heavy atom. The van der Waals surface area contributed by atoms with E-state index >= 15 is 0 Å². The van der Waals surface area contributed by atoms with Crippen molar-refractivity contribution in [2.24, 2.45) is 0 Å². The Labute approximate surface area is 209 Å². The lowest BCUT2D eigenvalue weighted by Gasteiger charge is -2.37. The van der Waals surface area contributed by atoms with Gasteiger partial charge in [-0.1, -0.05) is 18.2 Å². The molecule has 2 aliphatic heterocycles. The Hall–Kier alpha value is -3.04. The van der Waals surface area contributed by atoms with Crippen LogP contribution in [0.15, 0.2) is 41.3 Å². The van der Waals surface area contributed by atoms with Crippen molar-refractivity contribution in [3.8, 4) is 0 Å². The zero-order valence-electron chi connectivity index (χ0n) is 20.2. The molecule has 35 heavy (non-hydrogen) atoms. The summed E-state index contributed by atoms with van der Waals surface area (Å²) in [6, 6.07) is 7.06. The number of hydrogen-bond donors (Lipinski definition) is 1. The van der Waals surface area contributed by atoms with Crippen molar-refractivity contribution in [1.29, 1.82) is 0 Å². The van der Waals surface area contributed by atoms with Gasteiger partial charge in [-0.2, -0.15) is 0 Å². The molecule has 3 aliphatic rings. The Balaban J connectivity index is 1.24. The number of carbonyl (C=O) groups is 3. The highest BCUT2D eigenvalue weighted by molar-refractivity contribution is 7.10. The number of nitrogens with one attached hydrogen (secondary N) is 1. The third kappa shape index (κ3) is 4.75. The van der Waals surface area contributed by atoms with E-state index in [0.717, 1.165) is 67.9 Å². The fourth-order valence-corrected chi connectivity index (χ4v) is 6.09. The normalized spacial score (nSPS) is 23.0. The molecule has 3 heterocycles. The van der Waals surface area contributed by atoms with Crippen LogP contribution in [-0.4, -0.2) is 71.1 Å². The van der Waals surface area contributed by atoms with E-state index in [9.17, 15) is 14.4 Å². The van der Waals surface area contributed by atoms with Crippen molar-refractivity contribution in [1.82, 2.24) is 19.7 Å². The van der Waals surface area contributed by atoms with E-state index in [2.05, 4.69) is 16.4 Å². The number of benzene rings is 1. The third-order valence-electron chi connectivity index (χ3n) is 7.19. The molecule has 2 fully saturated rings. The van der Waals surface area contributed by atoms with E-state index in [0.29, 0.717) is 11.4 Å². The van der Waals surface area contributed by atoms with Crippen LogP contribution >= 0.6 is 11.3 Å². The van der Waals surface area contributed by atoms with Crippen LogP contribution in [-0.2, 0) is 9.59 Å². The molecule has 0 radical (unpaired) electrons. The molecule has 0 spiro atoms. The number of thiazole rings is 1. The van der Waals surface area contributed by atoms with Crippen LogP contribution in [0.1, 0.15) is 65.2 Å². The molecule has 1 aromatic carbocycles. The molecule has 1 unspecified atom stereocenters. The molecule has 2 atom stereocenters. The molecular weight excluding hydrogens is 462 g/mol. The number of rotatable bonds is 5. The van der Waals surface area contributed by atoms with Gasteiger partial charge in [-0.3, -0.25) is 19.3 Å². The zero-order chi connectivity index (χ0) is 24.5. The maximum absolute atomic E-state index is 12.9. The minimum Gasteiger partial charge on any atom is -0.343 e. The van der Waals surface area contributed by atoms with Gasteiger partial charge in [0.2, 0.25) is 11.8 Å². The quantitative estimate of drug-likeness (QED) is 0.688. The van der Waals surface area contributed by atoms with E-state index < -0.39 is 0 Å². The van der Waals surface area contributed by atoms with Gasteiger partial charge < -0.3 is 15.1 Å². The predicted octanol–water partition coefficient (Wildman–Crippen LogP) is 3.61. The summed E-state index contributed by atoms with van der Waals surface area (Å²) in [6.07, 6.45) is 6.77. The van der Waals surface area contributed by atoms with Crippen LogP contribution in [0.4, 0.5) is 5.69 Å². The van der Waals surface area contributed by atoms with Crippen LogP contribution in [0.5, 0.6) is 0 Å². The number of carbonyl (C=O) groups excluding carboxylic acids is 3. The fraction of sp³-hybridized carbons (Fsp3) is 0.462. The minimum absolute atomic E-state index is 0.0574. The first-order valence-corrected chi connectivity index (χ1v) is 13.1. The second kappa shape index (κ2) is 9.91. The van der Waals surface area contributed by atoms with Crippen molar-refractivity contribution in [3.63, 3.8) is 0 Å². The van der Waals surface area contributed by atoms with Gasteiger partial charge in [-0.15, -0.1) is 11.3 Å². The first-order chi connectivity index (χ1) is 16.9. The maximum Gasteiger partial charge on any atom is 0.275 e. The van der Waals surface area contributed by atoms with Crippen molar-refractivity contribution in [2.75, 3.05) is 39.0 Å². The molecule has 3 amide bonds. The lowest BCUT2D eigenvalue weighted by molar-refractivity contribution is -0.139. The minimum atomic E-state index is -0.309. The molecule has 9 heteroatoms. The van der Waals surface area contributed by atoms with Crippen LogP contribution < -0.4 is 5.32 Å². The second-order valence-corrected chi connectivity index (χ2v) is 10.5. The van der Waals surface area contributed by atoms with Gasteiger partial charge in [-0.05, 0) is 56.8 Å². The van der Waals surface area contributed by atoms with Crippen molar-refractivity contribution in [2.45, 2.75) is 44.2 Å². The number of nitrogens with zero attached hydrogens (tertiary/aromatic N) is 4. The molecule has 184 valence electrons. The van der Waals surface area contributed by atoms with Crippen molar-refractivity contribution in [3.05, 3.63) is 57.6 Å². The summed E-state index contributed by atoms with van der Waals surface area (Å²) in [5, 5.41) is 5.49. The Morgan fingerprint density at radius 3 is 2.63 bits per heavy atom. The summed E-state index contributed by atoms with van der Waals surface area (Å²) in [4.78, 5) is 48.8. The topological polar surface area (TPSA) is 85.8 Å². The van der Waals surface area contributed by atoms with E-state index in [1.807, 2.05) is 48.2 Å². The average Bonchev–Trinajstić information content (AvgIpc) is 3.63. The van der Waals surface area contributed by atoms with Gasteiger partial charge in [0.15, 0.2) is 0 Å². The highest BCUT2D eigenvalue weighted by Crippen LogP contribution is 2.36. The highest BCUT2D eigenvalue weighted by Gasteiger charge is 2.34. The largest absolute Gasteiger partial charge is 0.343 e. The standard InChI is InChI=1S/C26H31N5O3S/c1-29-14-15-30(2)26(34)22(29)17-9-11-19(12-10-17)27-23(32)20-16-35-24(28-20)21-8-5-13-31(21)25(33)18-6-3-4-7-18/h6,9-12,16,21-22H,3-5,7-8,13-15H2,1-2H3,(H,27,32)/t21-,22?/m1/s1. The number of piperazine rings is 1. The fourth-order valence-electron chi connectivity index (χ4n) is 5.15. The Bertz CT molecular complexity index is 1160. The van der Waals surface area contributed by atoms with E-state index in [1.165, 1.54) is 11.3 Å². The van der Waals surface area contributed by atoms with Crippen LogP contribution in [0, 0.1) is 0 Å². The molecule has 5 rings (SSSR count). The molecular formula is C26H31N5O3S.